The first-order valence-corrected chi connectivity index (χ1v) is 8.35. The summed E-state index contributed by atoms with van der Waals surface area (Å²) in [4.78, 5) is 33.8. The molecule has 3 amide bonds. The van der Waals surface area contributed by atoms with Crippen LogP contribution in [0.2, 0.25) is 0 Å². The summed E-state index contributed by atoms with van der Waals surface area (Å²) in [6, 6.07) is -0.525. The molecule has 0 aliphatic rings. The Balaban J connectivity index is 4.20. The molecule has 1 atom stereocenters. The van der Waals surface area contributed by atoms with E-state index in [2.05, 4.69) is 24.5 Å². The van der Waals surface area contributed by atoms with E-state index < -0.39 is 17.9 Å². The van der Waals surface area contributed by atoms with Crippen molar-refractivity contribution in [2.45, 2.75) is 51.2 Å². The predicted molar refractivity (Wildman–Crippen MR) is 84.4 cm³/mol. The molecule has 0 heterocycles. The van der Waals surface area contributed by atoms with E-state index in [4.69, 9.17) is 5.11 Å². The first kappa shape index (κ1) is 19.8. The highest BCUT2D eigenvalue weighted by atomic mass is 32.2. The van der Waals surface area contributed by atoms with Crippen molar-refractivity contribution < 1.29 is 19.5 Å². The van der Waals surface area contributed by atoms with Crippen LogP contribution in [0.1, 0.15) is 46.5 Å². The fourth-order valence-electron chi connectivity index (χ4n) is 2.01. The highest BCUT2D eigenvalue weighted by molar-refractivity contribution is 8.00. The Labute approximate surface area is 130 Å². The molecule has 0 rings (SSSR count). The van der Waals surface area contributed by atoms with Crippen LogP contribution in [0.3, 0.4) is 0 Å². The van der Waals surface area contributed by atoms with E-state index in [1.165, 1.54) is 0 Å². The minimum Gasteiger partial charge on any atom is -0.481 e. The van der Waals surface area contributed by atoms with Crippen molar-refractivity contribution in [3.63, 3.8) is 0 Å². The van der Waals surface area contributed by atoms with Gasteiger partial charge in [0.05, 0.1) is 0 Å². The van der Waals surface area contributed by atoms with E-state index in [-0.39, 0.29) is 23.5 Å². The largest absolute Gasteiger partial charge is 0.481 e. The van der Waals surface area contributed by atoms with Gasteiger partial charge in [-0.1, -0.05) is 20.8 Å². The monoisotopic (exact) mass is 318 g/mol. The molecule has 6 nitrogen and oxygen atoms in total. The van der Waals surface area contributed by atoms with Gasteiger partial charge in [0.1, 0.15) is 0 Å². The molecule has 7 heteroatoms. The zero-order chi connectivity index (χ0) is 16.5. The van der Waals surface area contributed by atoms with Crippen LogP contribution in [0.15, 0.2) is 0 Å². The van der Waals surface area contributed by atoms with Crippen LogP contribution in [0.4, 0.5) is 4.79 Å². The summed E-state index contributed by atoms with van der Waals surface area (Å²) in [6.45, 7) is 6.29. The SMILES string of the molecule is CCC(CC)(CNC(=O)NC(=O)CC(C)CC(=O)O)SC. The lowest BCUT2D eigenvalue weighted by Crippen LogP contribution is -2.46. The number of rotatable bonds is 9. The van der Waals surface area contributed by atoms with Crippen LogP contribution in [-0.2, 0) is 9.59 Å². The third kappa shape index (κ3) is 7.94. The molecular formula is C14H26N2O4S. The summed E-state index contributed by atoms with van der Waals surface area (Å²) in [7, 11) is 0. The second-order valence-electron chi connectivity index (χ2n) is 5.23. The zero-order valence-electron chi connectivity index (χ0n) is 13.2. The van der Waals surface area contributed by atoms with Crippen LogP contribution in [0.5, 0.6) is 0 Å². The molecule has 21 heavy (non-hydrogen) atoms. The molecule has 0 bridgehead atoms. The maximum Gasteiger partial charge on any atom is 0.321 e. The lowest BCUT2D eigenvalue weighted by Gasteiger charge is -2.29. The lowest BCUT2D eigenvalue weighted by atomic mass is 10.0. The van der Waals surface area contributed by atoms with Crippen molar-refractivity contribution in [3.05, 3.63) is 0 Å². The molecule has 122 valence electrons. The number of carboxylic acid groups (broad SMARTS) is 1. The first-order valence-electron chi connectivity index (χ1n) is 7.13. The van der Waals surface area contributed by atoms with Crippen LogP contribution >= 0.6 is 11.8 Å². The number of nitrogens with one attached hydrogen (secondary N) is 2. The van der Waals surface area contributed by atoms with Crippen molar-refractivity contribution in [3.8, 4) is 0 Å². The Morgan fingerprint density at radius 1 is 1.19 bits per heavy atom. The van der Waals surface area contributed by atoms with Gasteiger partial charge in [0.15, 0.2) is 0 Å². The number of carbonyl (C=O) groups is 3. The summed E-state index contributed by atoms with van der Waals surface area (Å²) in [5, 5.41) is 13.6. The van der Waals surface area contributed by atoms with Gasteiger partial charge in [0, 0.05) is 24.1 Å². The molecule has 0 aromatic rings. The molecule has 0 saturated heterocycles. The number of amides is 3. The standard InChI is InChI=1S/C14H26N2O4S/c1-5-14(6-2,21-4)9-15-13(20)16-11(17)7-10(3)8-12(18)19/h10H,5-9H2,1-4H3,(H,18,19)(H2,15,16,17,20). The fraction of sp³-hybridized carbons (Fsp3) is 0.786. The van der Waals surface area contributed by atoms with E-state index in [9.17, 15) is 14.4 Å². The Morgan fingerprint density at radius 2 is 1.76 bits per heavy atom. The normalized spacial score (nSPS) is 12.6. The van der Waals surface area contributed by atoms with Gasteiger partial charge in [-0.15, -0.1) is 0 Å². The molecule has 0 aliphatic carbocycles. The predicted octanol–water partition coefficient (Wildman–Crippen LogP) is 2.23. The van der Waals surface area contributed by atoms with Crippen LogP contribution < -0.4 is 10.6 Å². The quantitative estimate of drug-likeness (QED) is 0.606. The van der Waals surface area contributed by atoms with Crippen molar-refractivity contribution >= 4 is 29.7 Å². The molecule has 0 spiro atoms. The van der Waals surface area contributed by atoms with E-state index in [0.717, 1.165) is 12.8 Å². The average Bonchev–Trinajstić information content (AvgIpc) is 2.39. The molecule has 1 unspecified atom stereocenters. The van der Waals surface area contributed by atoms with Crippen LogP contribution in [-0.4, -0.2) is 40.6 Å². The molecule has 0 saturated carbocycles. The minimum atomic E-state index is -0.949. The Kier molecular flexibility index (Phi) is 9.08. The average molecular weight is 318 g/mol. The number of hydrogen-bond donors (Lipinski definition) is 3. The number of carboxylic acids is 1. The van der Waals surface area contributed by atoms with Crippen molar-refractivity contribution in [2.75, 3.05) is 12.8 Å². The second kappa shape index (κ2) is 9.65. The minimum absolute atomic E-state index is 0.0169. The molecule has 3 N–H and O–H groups in total. The van der Waals surface area contributed by atoms with Crippen molar-refractivity contribution in [2.24, 2.45) is 5.92 Å². The number of urea groups is 1. The maximum absolute atomic E-state index is 11.7. The summed E-state index contributed by atoms with van der Waals surface area (Å²) in [5.41, 5.74) is 0. The van der Waals surface area contributed by atoms with E-state index in [1.807, 2.05) is 6.26 Å². The summed E-state index contributed by atoms with van der Waals surface area (Å²) in [5.74, 6) is -1.70. The van der Waals surface area contributed by atoms with Crippen LogP contribution in [0.25, 0.3) is 0 Å². The van der Waals surface area contributed by atoms with Crippen LogP contribution in [0, 0.1) is 5.92 Å². The van der Waals surface area contributed by atoms with Gasteiger partial charge >= 0.3 is 12.0 Å². The Hall–Kier alpha value is -1.24. The third-order valence-corrected chi connectivity index (χ3v) is 5.19. The van der Waals surface area contributed by atoms with Gasteiger partial charge < -0.3 is 10.4 Å². The number of imide groups is 1. The maximum atomic E-state index is 11.7. The van der Waals surface area contributed by atoms with E-state index in [1.54, 1.807) is 18.7 Å². The van der Waals surface area contributed by atoms with Gasteiger partial charge in [-0.3, -0.25) is 14.9 Å². The first-order chi connectivity index (χ1) is 9.78. The number of aliphatic carboxylic acids is 1. The van der Waals surface area contributed by atoms with Gasteiger partial charge in [0.2, 0.25) is 5.91 Å². The number of thioether (sulfide) groups is 1. The summed E-state index contributed by atoms with van der Waals surface area (Å²) in [6.07, 6.45) is 3.79. The molecule has 0 radical (unpaired) electrons. The topological polar surface area (TPSA) is 95.5 Å². The highest BCUT2D eigenvalue weighted by Crippen LogP contribution is 2.29. The number of hydrogen-bond acceptors (Lipinski definition) is 4. The van der Waals surface area contributed by atoms with Crippen molar-refractivity contribution in [1.29, 1.82) is 0 Å². The van der Waals surface area contributed by atoms with Gasteiger partial charge in [-0.05, 0) is 25.0 Å². The van der Waals surface area contributed by atoms with Gasteiger partial charge in [0.25, 0.3) is 0 Å². The highest BCUT2D eigenvalue weighted by Gasteiger charge is 2.25. The second-order valence-corrected chi connectivity index (χ2v) is 6.51. The molecule has 0 fully saturated rings. The van der Waals surface area contributed by atoms with E-state index in [0.29, 0.717) is 6.54 Å². The number of carbonyl (C=O) groups excluding carboxylic acids is 2. The Morgan fingerprint density at radius 3 is 2.19 bits per heavy atom. The van der Waals surface area contributed by atoms with E-state index >= 15 is 0 Å². The summed E-state index contributed by atoms with van der Waals surface area (Å²) >= 11 is 1.70. The molecule has 0 aromatic carbocycles. The Bertz CT molecular complexity index is 362. The zero-order valence-corrected chi connectivity index (χ0v) is 14.0. The third-order valence-electron chi connectivity index (χ3n) is 3.60. The lowest BCUT2D eigenvalue weighted by molar-refractivity contribution is -0.138. The molecule has 0 aliphatic heterocycles. The summed E-state index contributed by atoms with van der Waals surface area (Å²) < 4.78 is -0.0169. The van der Waals surface area contributed by atoms with Gasteiger partial charge in [-0.25, -0.2) is 4.79 Å². The smallest absolute Gasteiger partial charge is 0.321 e. The van der Waals surface area contributed by atoms with Gasteiger partial charge in [-0.2, -0.15) is 11.8 Å². The molecule has 0 aromatic heterocycles. The molecular weight excluding hydrogens is 292 g/mol. The van der Waals surface area contributed by atoms with Crippen molar-refractivity contribution in [1.82, 2.24) is 10.6 Å². The fourth-order valence-corrected chi connectivity index (χ4v) is 2.80.